The molecule has 0 fully saturated rings. The van der Waals surface area contributed by atoms with E-state index in [-0.39, 0.29) is 0 Å². The molecule has 3 heteroatoms. The lowest BCUT2D eigenvalue weighted by Gasteiger charge is -2.16. The second kappa shape index (κ2) is 6.08. The third-order valence-electron chi connectivity index (χ3n) is 3.97. The Kier molecular flexibility index (Phi) is 4.18. The van der Waals surface area contributed by atoms with Crippen molar-refractivity contribution in [3.05, 3.63) is 63.7 Å². The van der Waals surface area contributed by atoms with Gasteiger partial charge in [-0.1, -0.05) is 41.4 Å². The number of aryl methyl sites for hydroxylation is 1. The van der Waals surface area contributed by atoms with E-state index in [1.54, 1.807) is 0 Å². The van der Waals surface area contributed by atoms with Gasteiger partial charge in [-0.05, 0) is 37.1 Å². The summed E-state index contributed by atoms with van der Waals surface area (Å²) < 4.78 is 5.74. The lowest BCUT2D eigenvalue weighted by molar-refractivity contribution is 0.351. The van der Waals surface area contributed by atoms with Crippen LogP contribution < -0.4 is 10.1 Å². The van der Waals surface area contributed by atoms with Crippen LogP contribution in [0.2, 0.25) is 5.02 Å². The molecule has 21 heavy (non-hydrogen) atoms. The SMILES string of the molecule is Cc1cccc([C@@H](C)NCc2cc(Cl)cc3c2OCC3)c1. The first-order valence-electron chi connectivity index (χ1n) is 7.37. The van der Waals surface area contributed by atoms with E-state index in [4.69, 9.17) is 16.3 Å². The third kappa shape index (κ3) is 3.22. The summed E-state index contributed by atoms with van der Waals surface area (Å²) in [5.74, 6) is 1.02. The summed E-state index contributed by atoms with van der Waals surface area (Å²) in [6, 6.07) is 12.9. The molecular weight excluding hydrogens is 282 g/mol. The molecule has 0 spiro atoms. The van der Waals surface area contributed by atoms with Crippen molar-refractivity contribution in [1.82, 2.24) is 5.32 Å². The highest BCUT2D eigenvalue weighted by Gasteiger charge is 2.18. The quantitative estimate of drug-likeness (QED) is 0.902. The van der Waals surface area contributed by atoms with Crippen LogP contribution in [0.3, 0.4) is 0 Å². The van der Waals surface area contributed by atoms with Gasteiger partial charge in [-0.15, -0.1) is 0 Å². The monoisotopic (exact) mass is 301 g/mol. The van der Waals surface area contributed by atoms with Crippen molar-refractivity contribution >= 4 is 11.6 Å². The number of halogens is 1. The molecule has 1 heterocycles. The maximum Gasteiger partial charge on any atom is 0.127 e. The predicted molar refractivity (Wildman–Crippen MR) is 87.1 cm³/mol. The maximum atomic E-state index is 6.20. The van der Waals surface area contributed by atoms with Crippen molar-refractivity contribution in [3.8, 4) is 5.75 Å². The molecule has 0 saturated carbocycles. The Morgan fingerprint density at radius 3 is 2.95 bits per heavy atom. The van der Waals surface area contributed by atoms with Gasteiger partial charge in [-0.25, -0.2) is 0 Å². The van der Waals surface area contributed by atoms with Gasteiger partial charge >= 0.3 is 0 Å². The first kappa shape index (κ1) is 14.4. The Morgan fingerprint density at radius 2 is 2.14 bits per heavy atom. The average molecular weight is 302 g/mol. The van der Waals surface area contributed by atoms with E-state index in [1.807, 2.05) is 12.1 Å². The summed E-state index contributed by atoms with van der Waals surface area (Å²) in [6.07, 6.45) is 0.955. The molecule has 1 aliphatic heterocycles. The first-order chi connectivity index (χ1) is 10.1. The van der Waals surface area contributed by atoms with E-state index in [2.05, 4.69) is 43.4 Å². The van der Waals surface area contributed by atoms with Crippen molar-refractivity contribution in [3.63, 3.8) is 0 Å². The Morgan fingerprint density at radius 1 is 1.29 bits per heavy atom. The van der Waals surface area contributed by atoms with Gasteiger partial charge in [0.1, 0.15) is 5.75 Å². The lowest BCUT2D eigenvalue weighted by atomic mass is 10.0. The standard InChI is InChI=1S/C18H20ClNO/c1-12-4-3-5-14(8-12)13(2)20-11-16-10-17(19)9-15-6-7-21-18(15)16/h3-5,8-10,13,20H,6-7,11H2,1-2H3/t13-/m1/s1. The van der Waals surface area contributed by atoms with E-state index >= 15 is 0 Å². The Balaban J connectivity index is 1.73. The van der Waals surface area contributed by atoms with Crippen molar-refractivity contribution < 1.29 is 4.74 Å². The van der Waals surface area contributed by atoms with Crippen LogP contribution in [0.1, 0.15) is 35.2 Å². The first-order valence-corrected chi connectivity index (χ1v) is 7.75. The van der Waals surface area contributed by atoms with Crippen LogP contribution in [0.15, 0.2) is 36.4 Å². The summed E-state index contributed by atoms with van der Waals surface area (Å²) in [5.41, 5.74) is 4.96. The van der Waals surface area contributed by atoms with Crippen LogP contribution in [0.25, 0.3) is 0 Å². The molecule has 0 saturated heterocycles. The number of rotatable bonds is 4. The third-order valence-corrected chi connectivity index (χ3v) is 4.18. The molecule has 0 amide bonds. The zero-order chi connectivity index (χ0) is 14.8. The van der Waals surface area contributed by atoms with Crippen LogP contribution in [-0.4, -0.2) is 6.61 Å². The molecule has 110 valence electrons. The fraction of sp³-hybridized carbons (Fsp3) is 0.333. The Hall–Kier alpha value is -1.51. The summed E-state index contributed by atoms with van der Waals surface area (Å²) in [5, 5.41) is 4.35. The van der Waals surface area contributed by atoms with Gasteiger partial charge in [0, 0.05) is 29.6 Å². The summed E-state index contributed by atoms with van der Waals surface area (Å²) >= 11 is 6.20. The van der Waals surface area contributed by atoms with Gasteiger partial charge in [0.2, 0.25) is 0 Å². The molecule has 3 rings (SSSR count). The van der Waals surface area contributed by atoms with Crippen molar-refractivity contribution in [1.29, 1.82) is 0 Å². The summed E-state index contributed by atoms with van der Waals surface area (Å²) in [6.45, 7) is 5.82. The average Bonchev–Trinajstić information content (AvgIpc) is 2.92. The highest BCUT2D eigenvalue weighted by molar-refractivity contribution is 6.30. The zero-order valence-corrected chi connectivity index (χ0v) is 13.2. The number of nitrogens with one attached hydrogen (secondary N) is 1. The Labute approximate surface area is 131 Å². The molecule has 0 bridgehead atoms. The van der Waals surface area contributed by atoms with Gasteiger partial charge in [0.15, 0.2) is 0 Å². The van der Waals surface area contributed by atoms with Crippen molar-refractivity contribution in [2.45, 2.75) is 32.9 Å². The smallest absolute Gasteiger partial charge is 0.127 e. The van der Waals surface area contributed by atoms with Crippen molar-refractivity contribution in [2.75, 3.05) is 6.61 Å². The molecule has 1 atom stereocenters. The van der Waals surface area contributed by atoms with Crippen molar-refractivity contribution in [2.24, 2.45) is 0 Å². The minimum atomic E-state index is 0.293. The second-order valence-electron chi connectivity index (χ2n) is 5.67. The summed E-state index contributed by atoms with van der Waals surface area (Å²) in [4.78, 5) is 0. The number of fused-ring (bicyclic) bond motifs is 1. The molecule has 1 aliphatic rings. The molecule has 0 radical (unpaired) electrons. The normalized spacial score (nSPS) is 14.6. The number of ether oxygens (including phenoxy) is 1. The zero-order valence-electron chi connectivity index (χ0n) is 12.4. The highest BCUT2D eigenvalue weighted by Crippen LogP contribution is 2.33. The minimum absolute atomic E-state index is 0.293. The van der Waals surface area contributed by atoms with E-state index in [0.29, 0.717) is 6.04 Å². The van der Waals surface area contributed by atoms with E-state index < -0.39 is 0 Å². The van der Waals surface area contributed by atoms with Gasteiger partial charge in [0.05, 0.1) is 6.61 Å². The van der Waals surface area contributed by atoms with Gasteiger partial charge in [-0.2, -0.15) is 0 Å². The van der Waals surface area contributed by atoms with E-state index in [1.165, 1.54) is 16.7 Å². The van der Waals surface area contributed by atoms with Crippen LogP contribution in [0, 0.1) is 6.92 Å². The van der Waals surface area contributed by atoms with Crippen LogP contribution in [-0.2, 0) is 13.0 Å². The highest BCUT2D eigenvalue weighted by atomic mass is 35.5. The van der Waals surface area contributed by atoms with Gasteiger partial charge < -0.3 is 10.1 Å². The predicted octanol–water partition coefficient (Wildman–Crippen LogP) is 4.43. The molecular formula is C18H20ClNO. The maximum absolute atomic E-state index is 6.20. The van der Waals surface area contributed by atoms with E-state index in [9.17, 15) is 0 Å². The Bertz CT molecular complexity index is 654. The van der Waals surface area contributed by atoms with Gasteiger partial charge in [-0.3, -0.25) is 0 Å². The molecule has 0 unspecified atom stereocenters. The summed E-state index contributed by atoms with van der Waals surface area (Å²) in [7, 11) is 0. The molecule has 0 aliphatic carbocycles. The lowest BCUT2D eigenvalue weighted by Crippen LogP contribution is -2.18. The fourth-order valence-electron chi connectivity index (χ4n) is 2.80. The van der Waals surface area contributed by atoms with Crippen LogP contribution >= 0.6 is 11.6 Å². The number of hydrogen-bond acceptors (Lipinski definition) is 2. The second-order valence-corrected chi connectivity index (χ2v) is 6.10. The number of hydrogen-bond donors (Lipinski definition) is 1. The largest absolute Gasteiger partial charge is 0.493 e. The van der Waals surface area contributed by atoms with Gasteiger partial charge in [0.25, 0.3) is 0 Å². The molecule has 2 aromatic rings. The fourth-order valence-corrected chi connectivity index (χ4v) is 3.06. The van der Waals surface area contributed by atoms with E-state index in [0.717, 1.165) is 35.9 Å². The molecule has 2 aromatic carbocycles. The molecule has 1 N–H and O–H groups in total. The molecule has 2 nitrogen and oxygen atoms in total. The van der Waals surface area contributed by atoms with Crippen LogP contribution in [0.5, 0.6) is 5.75 Å². The molecule has 0 aromatic heterocycles. The number of benzene rings is 2. The minimum Gasteiger partial charge on any atom is -0.493 e. The topological polar surface area (TPSA) is 21.3 Å². The van der Waals surface area contributed by atoms with Crippen LogP contribution in [0.4, 0.5) is 0 Å².